The number of carbonyl (C=O) groups is 4. The fourth-order valence-corrected chi connectivity index (χ4v) is 2.02. The van der Waals surface area contributed by atoms with Crippen LogP contribution in [0, 0.1) is 0 Å². The van der Waals surface area contributed by atoms with Crippen molar-refractivity contribution in [2.24, 2.45) is 0 Å². The number of nitrogens with one attached hydrogen (secondary N) is 2. The summed E-state index contributed by atoms with van der Waals surface area (Å²) in [4.78, 5) is 46.1. The molecule has 0 fully saturated rings. The molecule has 1 aromatic rings. The average Bonchev–Trinajstić information content (AvgIpc) is 2.60. The van der Waals surface area contributed by atoms with Gasteiger partial charge in [0.1, 0.15) is 12.1 Å². The summed E-state index contributed by atoms with van der Waals surface area (Å²) in [6.07, 6.45) is 0.170. The number of hydrogen-bond donors (Lipinski definition) is 2. The first kappa shape index (κ1) is 19.1. The summed E-state index contributed by atoms with van der Waals surface area (Å²) in [7, 11) is 2.38. The molecule has 0 unspecified atom stereocenters. The van der Waals surface area contributed by atoms with E-state index in [0.717, 1.165) is 5.56 Å². The standard InChI is InChI=1S/C16H20N2O6/c1-23-14(20)9-12(17-10-19)15(21)18-13(16(22)24-2)8-11-6-4-3-5-7-11/h3-7,10,12-13H,8-9H2,1-2H3,(H,17,19)(H,18,21)/t12-,13+/m0/s1. The third kappa shape index (κ3) is 6.07. The van der Waals surface area contributed by atoms with Gasteiger partial charge in [-0.05, 0) is 5.56 Å². The summed E-state index contributed by atoms with van der Waals surface area (Å²) in [5, 5.41) is 4.72. The topological polar surface area (TPSA) is 111 Å². The molecule has 0 aliphatic rings. The molecular weight excluding hydrogens is 316 g/mol. The van der Waals surface area contributed by atoms with E-state index in [-0.39, 0.29) is 12.8 Å². The Hall–Kier alpha value is -2.90. The Morgan fingerprint density at radius 1 is 1.08 bits per heavy atom. The highest BCUT2D eigenvalue weighted by atomic mass is 16.5. The lowest BCUT2D eigenvalue weighted by Crippen LogP contribution is -2.51. The molecule has 130 valence electrons. The fraction of sp³-hybridized carbons (Fsp3) is 0.375. The lowest BCUT2D eigenvalue weighted by atomic mass is 10.1. The smallest absolute Gasteiger partial charge is 0.328 e. The number of esters is 2. The molecule has 0 saturated heterocycles. The predicted molar refractivity (Wildman–Crippen MR) is 83.7 cm³/mol. The van der Waals surface area contributed by atoms with E-state index in [1.165, 1.54) is 14.2 Å². The van der Waals surface area contributed by atoms with E-state index in [2.05, 4.69) is 15.4 Å². The van der Waals surface area contributed by atoms with Gasteiger partial charge in [0.25, 0.3) is 0 Å². The van der Waals surface area contributed by atoms with Crippen molar-refractivity contribution in [3.8, 4) is 0 Å². The van der Waals surface area contributed by atoms with E-state index in [9.17, 15) is 19.2 Å². The van der Waals surface area contributed by atoms with Crippen LogP contribution in [0.2, 0.25) is 0 Å². The van der Waals surface area contributed by atoms with Gasteiger partial charge in [-0.1, -0.05) is 30.3 Å². The number of ether oxygens (including phenoxy) is 2. The number of carbonyl (C=O) groups excluding carboxylic acids is 4. The first-order chi connectivity index (χ1) is 11.5. The third-order valence-electron chi connectivity index (χ3n) is 3.27. The second kappa shape index (κ2) is 9.98. The maximum atomic E-state index is 12.3. The van der Waals surface area contributed by atoms with Gasteiger partial charge in [-0.3, -0.25) is 14.4 Å². The van der Waals surface area contributed by atoms with Gasteiger partial charge in [0, 0.05) is 6.42 Å². The van der Waals surface area contributed by atoms with Crippen LogP contribution in [0.5, 0.6) is 0 Å². The molecule has 0 spiro atoms. The number of rotatable bonds is 9. The van der Waals surface area contributed by atoms with Crippen molar-refractivity contribution in [2.45, 2.75) is 24.9 Å². The molecule has 0 heterocycles. The highest BCUT2D eigenvalue weighted by Crippen LogP contribution is 2.05. The van der Waals surface area contributed by atoms with Crippen LogP contribution in [0.15, 0.2) is 30.3 Å². The van der Waals surface area contributed by atoms with Gasteiger partial charge in [-0.15, -0.1) is 0 Å². The molecule has 0 aliphatic heterocycles. The molecule has 2 amide bonds. The highest BCUT2D eigenvalue weighted by Gasteiger charge is 2.28. The Bertz CT molecular complexity index is 575. The van der Waals surface area contributed by atoms with Crippen molar-refractivity contribution in [1.29, 1.82) is 0 Å². The van der Waals surface area contributed by atoms with Crippen molar-refractivity contribution in [3.63, 3.8) is 0 Å². The molecule has 2 N–H and O–H groups in total. The number of amides is 2. The first-order valence-corrected chi connectivity index (χ1v) is 7.20. The zero-order chi connectivity index (χ0) is 17.9. The van der Waals surface area contributed by atoms with Gasteiger partial charge in [0.2, 0.25) is 12.3 Å². The largest absolute Gasteiger partial charge is 0.469 e. The number of hydrogen-bond acceptors (Lipinski definition) is 6. The van der Waals surface area contributed by atoms with E-state index >= 15 is 0 Å². The van der Waals surface area contributed by atoms with Crippen LogP contribution in [-0.2, 0) is 35.1 Å². The summed E-state index contributed by atoms with van der Waals surface area (Å²) in [5.74, 6) is -1.98. The molecule has 8 nitrogen and oxygen atoms in total. The van der Waals surface area contributed by atoms with Crippen LogP contribution >= 0.6 is 0 Å². The van der Waals surface area contributed by atoms with Crippen LogP contribution in [0.3, 0.4) is 0 Å². The van der Waals surface area contributed by atoms with E-state index in [4.69, 9.17) is 4.74 Å². The molecule has 0 aliphatic carbocycles. The Morgan fingerprint density at radius 2 is 1.75 bits per heavy atom. The lowest BCUT2D eigenvalue weighted by Gasteiger charge is -2.20. The average molecular weight is 336 g/mol. The number of methoxy groups -OCH3 is 2. The lowest BCUT2D eigenvalue weighted by molar-refractivity contribution is -0.146. The van der Waals surface area contributed by atoms with Crippen molar-refractivity contribution in [2.75, 3.05) is 14.2 Å². The third-order valence-corrected chi connectivity index (χ3v) is 3.27. The van der Waals surface area contributed by atoms with Crippen LogP contribution < -0.4 is 10.6 Å². The quantitative estimate of drug-likeness (QED) is 0.467. The molecule has 8 heteroatoms. The first-order valence-electron chi connectivity index (χ1n) is 7.20. The molecule has 1 aromatic carbocycles. The van der Waals surface area contributed by atoms with Gasteiger partial charge in [-0.25, -0.2) is 4.79 Å². The van der Waals surface area contributed by atoms with Gasteiger partial charge in [0.05, 0.1) is 20.6 Å². The Balaban J connectivity index is 2.82. The van der Waals surface area contributed by atoms with Crippen LogP contribution in [-0.4, -0.2) is 50.6 Å². The maximum Gasteiger partial charge on any atom is 0.328 e. The normalized spacial score (nSPS) is 12.4. The summed E-state index contributed by atoms with van der Waals surface area (Å²) >= 11 is 0. The van der Waals surface area contributed by atoms with E-state index in [1.54, 1.807) is 24.3 Å². The summed E-state index contributed by atoms with van der Waals surface area (Å²) in [5.41, 5.74) is 0.820. The highest BCUT2D eigenvalue weighted by molar-refractivity contribution is 5.91. The molecule has 0 saturated carbocycles. The zero-order valence-electron chi connectivity index (χ0n) is 13.5. The molecule has 0 bridgehead atoms. The summed E-state index contributed by atoms with van der Waals surface area (Å²) < 4.78 is 9.17. The Kier molecular flexibility index (Phi) is 7.97. The van der Waals surface area contributed by atoms with Crippen LogP contribution in [0.25, 0.3) is 0 Å². The van der Waals surface area contributed by atoms with Gasteiger partial charge in [0.15, 0.2) is 0 Å². The maximum absolute atomic E-state index is 12.3. The van der Waals surface area contributed by atoms with Crippen molar-refractivity contribution in [3.05, 3.63) is 35.9 Å². The van der Waals surface area contributed by atoms with E-state index < -0.39 is 29.9 Å². The zero-order valence-corrected chi connectivity index (χ0v) is 13.5. The minimum atomic E-state index is -1.14. The second-order valence-corrected chi connectivity index (χ2v) is 4.89. The van der Waals surface area contributed by atoms with Crippen molar-refractivity contribution < 1.29 is 28.7 Å². The SMILES string of the molecule is COC(=O)C[C@H](NC=O)C(=O)N[C@H](Cc1ccccc1)C(=O)OC. The monoisotopic (exact) mass is 336 g/mol. The molecule has 2 atom stereocenters. The van der Waals surface area contributed by atoms with E-state index in [1.807, 2.05) is 6.07 Å². The van der Waals surface area contributed by atoms with Gasteiger partial charge >= 0.3 is 11.9 Å². The minimum Gasteiger partial charge on any atom is -0.469 e. The molecule has 1 rings (SSSR count). The van der Waals surface area contributed by atoms with Gasteiger partial charge in [-0.2, -0.15) is 0 Å². The Labute approximate surface area is 139 Å². The van der Waals surface area contributed by atoms with Crippen LogP contribution in [0.4, 0.5) is 0 Å². The van der Waals surface area contributed by atoms with Crippen molar-refractivity contribution >= 4 is 24.3 Å². The van der Waals surface area contributed by atoms with Crippen molar-refractivity contribution in [1.82, 2.24) is 10.6 Å². The number of benzene rings is 1. The second-order valence-electron chi connectivity index (χ2n) is 4.89. The fourth-order valence-electron chi connectivity index (χ4n) is 2.02. The summed E-state index contributed by atoms with van der Waals surface area (Å²) in [6, 6.07) is 6.96. The minimum absolute atomic E-state index is 0.214. The summed E-state index contributed by atoms with van der Waals surface area (Å²) in [6.45, 7) is 0. The van der Waals surface area contributed by atoms with Crippen LogP contribution in [0.1, 0.15) is 12.0 Å². The Morgan fingerprint density at radius 3 is 2.29 bits per heavy atom. The predicted octanol–water partition coefficient (Wildman–Crippen LogP) is -0.435. The van der Waals surface area contributed by atoms with Gasteiger partial charge < -0.3 is 20.1 Å². The molecule has 0 aromatic heterocycles. The molecule has 24 heavy (non-hydrogen) atoms. The molecular formula is C16H20N2O6. The van der Waals surface area contributed by atoms with E-state index in [0.29, 0.717) is 6.41 Å². The molecule has 0 radical (unpaired) electrons.